The van der Waals surface area contributed by atoms with Crippen LogP contribution in [0.1, 0.15) is 12.5 Å². The molecule has 1 N–H and O–H groups in total. The molecule has 3 nitrogen and oxygen atoms in total. The van der Waals surface area contributed by atoms with E-state index in [0.717, 1.165) is 10.0 Å². The van der Waals surface area contributed by atoms with Gasteiger partial charge in [-0.05, 0) is 24.6 Å². The van der Waals surface area contributed by atoms with Crippen molar-refractivity contribution in [2.24, 2.45) is 0 Å². The number of carbonyl (C=O) groups excluding carboxylic acids is 2. The van der Waals surface area contributed by atoms with Gasteiger partial charge in [0.05, 0.1) is 12.5 Å². The average molecular weight is 269 g/mol. The molecule has 0 aliphatic carbocycles. The zero-order valence-electron chi connectivity index (χ0n) is 8.29. The van der Waals surface area contributed by atoms with Crippen LogP contribution < -0.4 is 5.32 Å². The second-order valence-electron chi connectivity index (χ2n) is 3.21. The molecule has 1 amide bonds. The van der Waals surface area contributed by atoms with E-state index < -0.39 is 6.04 Å². The first-order valence-corrected chi connectivity index (χ1v) is 5.32. The van der Waals surface area contributed by atoms with E-state index in [2.05, 4.69) is 21.2 Å². The maximum absolute atomic E-state index is 11.4. The lowest BCUT2D eigenvalue weighted by molar-refractivity contribution is -0.120. The van der Waals surface area contributed by atoms with Crippen molar-refractivity contribution in [1.82, 2.24) is 5.32 Å². The standard InChI is InChI=1S/C11H11BrNO2/c1-8(7-14)13-11(15)6-9-2-4-10(12)5-3-9/h2-5,8H,6H2,1H3,(H,13,15)/t8-/m0/s1. The first kappa shape index (κ1) is 11.9. The lowest BCUT2D eigenvalue weighted by atomic mass is 10.1. The molecule has 79 valence electrons. The van der Waals surface area contributed by atoms with Crippen LogP contribution in [0.3, 0.4) is 0 Å². The Kier molecular flexibility index (Phi) is 4.49. The Hall–Kier alpha value is -1.16. The predicted octanol–water partition coefficient (Wildman–Crippen LogP) is 1.61. The van der Waals surface area contributed by atoms with E-state index in [0.29, 0.717) is 0 Å². The first-order chi connectivity index (χ1) is 7.11. The van der Waals surface area contributed by atoms with Crippen molar-refractivity contribution in [2.75, 3.05) is 0 Å². The summed E-state index contributed by atoms with van der Waals surface area (Å²) in [6.07, 6.45) is 1.98. The molecule has 1 aromatic rings. The normalized spacial score (nSPS) is 11.9. The molecular formula is C11H11BrNO2. The maximum atomic E-state index is 11.4. The van der Waals surface area contributed by atoms with Crippen molar-refractivity contribution >= 4 is 28.1 Å². The Morgan fingerprint density at radius 3 is 2.60 bits per heavy atom. The van der Waals surface area contributed by atoms with Gasteiger partial charge in [-0.15, -0.1) is 0 Å². The highest BCUT2D eigenvalue weighted by molar-refractivity contribution is 9.10. The topological polar surface area (TPSA) is 46.2 Å². The highest BCUT2D eigenvalue weighted by atomic mass is 79.9. The van der Waals surface area contributed by atoms with Crippen molar-refractivity contribution in [3.63, 3.8) is 0 Å². The number of halogens is 1. The molecule has 1 rings (SSSR count). The van der Waals surface area contributed by atoms with Gasteiger partial charge in [0, 0.05) is 4.47 Å². The molecule has 0 saturated heterocycles. The van der Waals surface area contributed by atoms with Gasteiger partial charge in [0.2, 0.25) is 12.2 Å². The minimum atomic E-state index is -0.548. The van der Waals surface area contributed by atoms with E-state index in [-0.39, 0.29) is 12.3 Å². The fourth-order valence-corrected chi connectivity index (χ4v) is 1.37. The predicted molar refractivity (Wildman–Crippen MR) is 61.1 cm³/mol. The fraction of sp³-hybridized carbons (Fsp3) is 0.273. The molecule has 1 atom stereocenters. The summed E-state index contributed by atoms with van der Waals surface area (Å²) >= 11 is 3.31. The molecule has 0 spiro atoms. The van der Waals surface area contributed by atoms with E-state index in [9.17, 15) is 9.59 Å². The summed E-state index contributed by atoms with van der Waals surface area (Å²) < 4.78 is 0.973. The number of amides is 1. The second kappa shape index (κ2) is 5.66. The van der Waals surface area contributed by atoms with Crippen LogP contribution in [0.2, 0.25) is 0 Å². The van der Waals surface area contributed by atoms with E-state index in [4.69, 9.17) is 0 Å². The Morgan fingerprint density at radius 1 is 1.47 bits per heavy atom. The quantitative estimate of drug-likeness (QED) is 0.902. The summed E-state index contributed by atoms with van der Waals surface area (Å²) in [5.41, 5.74) is 0.911. The lowest BCUT2D eigenvalue weighted by Crippen LogP contribution is -2.34. The number of carbonyl (C=O) groups is 1. The number of hydrogen-bond acceptors (Lipinski definition) is 2. The monoisotopic (exact) mass is 268 g/mol. The van der Waals surface area contributed by atoms with Gasteiger partial charge in [0.1, 0.15) is 0 Å². The Bertz CT molecular complexity index is 348. The van der Waals surface area contributed by atoms with Gasteiger partial charge in [-0.25, -0.2) is 0 Å². The third-order valence-electron chi connectivity index (χ3n) is 1.83. The number of hydrogen-bond donors (Lipinski definition) is 1. The molecule has 4 heteroatoms. The summed E-state index contributed by atoms with van der Waals surface area (Å²) in [4.78, 5) is 21.6. The summed E-state index contributed by atoms with van der Waals surface area (Å²) in [5.74, 6) is -0.173. The van der Waals surface area contributed by atoms with E-state index in [1.165, 1.54) is 0 Å². The van der Waals surface area contributed by atoms with Gasteiger partial charge in [0.15, 0.2) is 0 Å². The minimum absolute atomic E-state index is 0.173. The van der Waals surface area contributed by atoms with Crippen molar-refractivity contribution in [3.8, 4) is 0 Å². The van der Waals surface area contributed by atoms with E-state index in [1.54, 1.807) is 13.2 Å². The molecule has 0 fully saturated rings. The number of rotatable bonds is 4. The third kappa shape index (κ3) is 4.25. The van der Waals surface area contributed by atoms with Crippen LogP contribution in [0.15, 0.2) is 28.7 Å². The summed E-state index contributed by atoms with van der Waals surface area (Å²) in [7, 11) is 0. The van der Waals surface area contributed by atoms with E-state index in [1.807, 2.05) is 24.3 Å². The zero-order valence-corrected chi connectivity index (χ0v) is 9.87. The molecule has 0 bridgehead atoms. The van der Waals surface area contributed by atoms with Crippen LogP contribution >= 0.6 is 15.9 Å². The molecule has 1 radical (unpaired) electrons. The molecule has 0 heterocycles. The second-order valence-corrected chi connectivity index (χ2v) is 4.13. The van der Waals surface area contributed by atoms with Gasteiger partial charge in [-0.2, -0.15) is 0 Å². The van der Waals surface area contributed by atoms with Gasteiger partial charge in [-0.3, -0.25) is 9.59 Å². The Labute approximate surface area is 97.0 Å². The van der Waals surface area contributed by atoms with Crippen LogP contribution in [-0.2, 0) is 16.0 Å². The van der Waals surface area contributed by atoms with Crippen LogP contribution in [0.25, 0.3) is 0 Å². The molecular weight excluding hydrogens is 258 g/mol. The molecule has 0 saturated carbocycles. The molecule has 15 heavy (non-hydrogen) atoms. The average Bonchev–Trinajstić information content (AvgIpc) is 2.21. The summed E-state index contributed by atoms with van der Waals surface area (Å²) in [6.45, 7) is 1.59. The van der Waals surface area contributed by atoms with Gasteiger partial charge >= 0.3 is 0 Å². The molecule has 0 aliphatic heterocycles. The summed E-state index contributed by atoms with van der Waals surface area (Å²) in [6, 6.07) is 6.92. The van der Waals surface area contributed by atoms with Crippen LogP contribution in [0.4, 0.5) is 0 Å². The Balaban J connectivity index is 2.51. The van der Waals surface area contributed by atoms with Crippen molar-refractivity contribution in [1.29, 1.82) is 0 Å². The van der Waals surface area contributed by atoms with Crippen molar-refractivity contribution < 1.29 is 9.59 Å². The zero-order chi connectivity index (χ0) is 11.3. The number of nitrogens with one attached hydrogen (secondary N) is 1. The smallest absolute Gasteiger partial charge is 0.225 e. The molecule has 0 unspecified atom stereocenters. The van der Waals surface area contributed by atoms with Gasteiger partial charge < -0.3 is 5.32 Å². The van der Waals surface area contributed by atoms with Crippen LogP contribution in [-0.4, -0.2) is 18.2 Å². The van der Waals surface area contributed by atoms with Gasteiger partial charge in [-0.1, -0.05) is 28.1 Å². The van der Waals surface area contributed by atoms with Crippen LogP contribution in [0, 0.1) is 0 Å². The van der Waals surface area contributed by atoms with E-state index >= 15 is 0 Å². The highest BCUT2D eigenvalue weighted by Crippen LogP contribution is 2.10. The SMILES string of the molecule is C[C@@H]([C]=O)NC(=O)Cc1ccc(Br)cc1. The molecule has 1 aromatic carbocycles. The highest BCUT2D eigenvalue weighted by Gasteiger charge is 2.07. The maximum Gasteiger partial charge on any atom is 0.225 e. The minimum Gasteiger partial charge on any atom is -0.346 e. The number of benzene rings is 1. The van der Waals surface area contributed by atoms with Crippen molar-refractivity contribution in [2.45, 2.75) is 19.4 Å². The lowest BCUT2D eigenvalue weighted by Gasteiger charge is -2.06. The third-order valence-corrected chi connectivity index (χ3v) is 2.36. The molecule has 0 aliphatic rings. The Morgan fingerprint density at radius 2 is 2.07 bits per heavy atom. The van der Waals surface area contributed by atoms with Crippen molar-refractivity contribution in [3.05, 3.63) is 34.3 Å². The van der Waals surface area contributed by atoms with Crippen LogP contribution in [0.5, 0.6) is 0 Å². The largest absolute Gasteiger partial charge is 0.346 e. The first-order valence-electron chi connectivity index (χ1n) is 4.53. The summed E-state index contributed by atoms with van der Waals surface area (Å²) in [5, 5.41) is 2.52. The fourth-order valence-electron chi connectivity index (χ4n) is 1.11. The molecule has 0 aromatic heterocycles. The van der Waals surface area contributed by atoms with Gasteiger partial charge in [0.25, 0.3) is 0 Å².